The van der Waals surface area contributed by atoms with Gasteiger partial charge < -0.3 is 0 Å². The highest BCUT2D eigenvalue weighted by Gasteiger charge is 2.21. The van der Waals surface area contributed by atoms with Crippen molar-refractivity contribution in [3.05, 3.63) is 0 Å². The van der Waals surface area contributed by atoms with Crippen LogP contribution in [-0.4, -0.2) is 11.8 Å². The quantitative estimate of drug-likeness (QED) is 0.473. The summed E-state index contributed by atoms with van der Waals surface area (Å²) in [5.74, 6) is 1.14. The summed E-state index contributed by atoms with van der Waals surface area (Å²) in [4.78, 5) is 0. The Hall–Kier alpha value is 0.430. The summed E-state index contributed by atoms with van der Waals surface area (Å²) in [6.45, 7) is 0. The Morgan fingerprint density at radius 1 is 0.900 bits per heavy atom. The van der Waals surface area contributed by atoms with E-state index in [2.05, 4.69) is 0 Å². The third-order valence-corrected chi connectivity index (χ3v) is 4.99. The number of hydrogen-bond acceptors (Lipinski definition) is 0. The molecule has 0 spiro atoms. The molecular formula is C9H17P. The van der Waals surface area contributed by atoms with Crippen LogP contribution in [0.1, 0.15) is 38.5 Å². The van der Waals surface area contributed by atoms with Crippen molar-refractivity contribution in [2.24, 2.45) is 5.92 Å². The first-order valence-electron chi connectivity index (χ1n) is 4.68. The maximum absolute atomic E-state index is 1.59. The standard InChI is InChI=1S/C9H17P/c1-3-8-4-2-6-9(5-1)10-7-8/h8-10H,1-7H2. The van der Waals surface area contributed by atoms with Gasteiger partial charge in [0.1, 0.15) is 0 Å². The van der Waals surface area contributed by atoms with Crippen LogP contribution in [0.5, 0.6) is 0 Å². The van der Waals surface area contributed by atoms with Crippen LogP contribution in [0.3, 0.4) is 0 Å². The molecule has 2 rings (SSSR count). The number of hydrogen-bond donors (Lipinski definition) is 0. The van der Waals surface area contributed by atoms with E-state index < -0.39 is 0 Å². The van der Waals surface area contributed by atoms with Crippen molar-refractivity contribution in [2.75, 3.05) is 6.16 Å². The van der Waals surface area contributed by atoms with E-state index in [1.54, 1.807) is 44.7 Å². The van der Waals surface area contributed by atoms with E-state index in [0.717, 1.165) is 11.6 Å². The Balaban J connectivity index is 2.01. The molecule has 0 aliphatic carbocycles. The molecule has 1 unspecified atom stereocenters. The van der Waals surface area contributed by atoms with Crippen molar-refractivity contribution >= 4 is 8.58 Å². The van der Waals surface area contributed by atoms with E-state index in [1.165, 1.54) is 8.58 Å². The maximum Gasteiger partial charge on any atom is -0.0237 e. The monoisotopic (exact) mass is 156 g/mol. The first-order chi connectivity index (χ1) is 4.95. The van der Waals surface area contributed by atoms with Gasteiger partial charge in [0.25, 0.3) is 0 Å². The van der Waals surface area contributed by atoms with E-state index in [0.29, 0.717) is 0 Å². The van der Waals surface area contributed by atoms with Crippen molar-refractivity contribution in [1.29, 1.82) is 0 Å². The normalized spacial score (nSPS) is 43.2. The molecule has 0 amide bonds. The predicted molar refractivity (Wildman–Crippen MR) is 48.2 cm³/mol. The van der Waals surface area contributed by atoms with Gasteiger partial charge in [-0.2, -0.15) is 0 Å². The van der Waals surface area contributed by atoms with E-state index in [4.69, 9.17) is 0 Å². The molecule has 0 aromatic carbocycles. The zero-order valence-electron chi connectivity index (χ0n) is 6.60. The van der Waals surface area contributed by atoms with Crippen LogP contribution in [0.15, 0.2) is 0 Å². The van der Waals surface area contributed by atoms with Crippen LogP contribution in [0.25, 0.3) is 0 Å². The van der Waals surface area contributed by atoms with Crippen LogP contribution >= 0.6 is 8.58 Å². The first-order valence-corrected chi connectivity index (χ1v) is 5.97. The average molecular weight is 156 g/mol. The summed E-state index contributed by atoms with van der Waals surface area (Å²) in [7, 11) is 1.33. The Kier molecular flexibility index (Phi) is 2.28. The molecule has 10 heavy (non-hydrogen) atoms. The molecule has 2 aliphatic rings. The molecule has 2 fully saturated rings. The van der Waals surface area contributed by atoms with E-state index in [-0.39, 0.29) is 0 Å². The van der Waals surface area contributed by atoms with E-state index in [9.17, 15) is 0 Å². The Morgan fingerprint density at radius 2 is 1.60 bits per heavy atom. The van der Waals surface area contributed by atoms with Gasteiger partial charge in [-0.05, 0) is 30.6 Å². The van der Waals surface area contributed by atoms with Crippen LogP contribution in [-0.2, 0) is 0 Å². The Bertz CT molecular complexity index is 89.3. The fourth-order valence-electron chi connectivity index (χ4n) is 2.34. The topological polar surface area (TPSA) is 0 Å². The Morgan fingerprint density at radius 3 is 2.30 bits per heavy atom. The molecule has 0 saturated carbocycles. The third-order valence-electron chi connectivity index (χ3n) is 3.03. The first kappa shape index (κ1) is 7.10. The van der Waals surface area contributed by atoms with Crippen LogP contribution < -0.4 is 0 Å². The second-order valence-corrected chi connectivity index (χ2v) is 5.47. The molecule has 1 heteroatoms. The molecule has 0 radical (unpaired) electrons. The van der Waals surface area contributed by atoms with Crippen LogP contribution in [0, 0.1) is 5.92 Å². The maximum atomic E-state index is 1.59. The fraction of sp³-hybridized carbons (Fsp3) is 1.00. The molecule has 58 valence electrons. The zero-order valence-corrected chi connectivity index (χ0v) is 7.60. The lowest BCUT2D eigenvalue weighted by atomic mass is 9.93. The minimum Gasteiger partial charge on any atom is -0.119 e. The molecule has 2 bridgehead atoms. The molecule has 0 aromatic rings. The second kappa shape index (κ2) is 3.22. The summed E-state index contributed by atoms with van der Waals surface area (Å²) >= 11 is 0. The van der Waals surface area contributed by atoms with E-state index >= 15 is 0 Å². The minimum absolute atomic E-state index is 1.14. The molecular weight excluding hydrogens is 139 g/mol. The molecule has 2 aliphatic heterocycles. The average Bonchev–Trinajstić information content (AvgIpc) is 2.17. The molecule has 0 N–H and O–H groups in total. The van der Waals surface area contributed by atoms with Crippen molar-refractivity contribution < 1.29 is 0 Å². The highest BCUT2D eigenvalue weighted by atomic mass is 31.1. The van der Waals surface area contributed by atoms with Crippen molar-refractivity contribution in [3.63, 3.8) is 0 Å². The highest BCUT2D eigenvalue weighted by Crippen LogP contribution is 2.40. The molecule has 1 atom stereocenters. The summed E-state index contributed by atoms with van der Waals surface area (Å²) in [6, 6.07) is 0. The van der Waals surface area contributed by atoms with Gasteiger partial charge in [-0.3, -0.25) is 0 Å². The fourth-order valence-corrected chi connectivity index (χ4v) is 4.23. The van der Waals surface area contributed by atoms with Gasteiger partial charge in [0, 0.05) is 0 Å². The summed E-state index contributed by atoms with van der Waals surface area (Å²) in [6.07, 6.45) is 10.9. The Labute approximate surface area is 65.6 Å². The number of rotatable bonds is 0. The summed E-state index contributed by atoms with van der Waals surface area (Å²) in [5.41, 5.74) is 1.16. The van der Waals surface area contributed by atoms with Crippen molar-refractivity contribution in [3.8, 4) is 0 Å². The van der Waals surface area contributed by atoms with Gasteiger partial charge in [-0.1, -0.05) is 25.7 Å². The summed E-state index contributed by atoms with van der Waals surface area (Å²) in [5, 5.41) is 0. The van der Waals surface area contributed by atoms with Gasteiger partial charge in [0.15, 0.2) is 0 Å². The SMILES string of the molecule is C1CC2CCCC(C1)PC2. The molecule has 0 aromatic heterocycles. The lowest BCUT2D eigenvalue weighted by Crippen LogP contribution is -2.02. The zero-order chi connectivity index (χ0) is 6.81. The van der Waals surface area contributed by atoms with Crippen LogP contribution in [0.2, 0.25) is 0 Å². The van der Waals surface area contributed by atoms with Gasteiger partial charge in [-0.15, -0.1) is 8.58 Å². The predicted octanol–water partition coefficient (Wildman–Crippen LogP) is 3.02. The van der Waals surface area contributed by atoms with Crippen molar-refractivity contribution in [1.82, 2.24) is 0 Å². The third kappa shape index (κ3) is 1.53. The van der Waals surface area contributed by atoms with Gasteiger partial charge in [-0.25, -0.2) is 0 Å². The minimum atomic E-state index is 1.14. The van der Waals surface area contributed by atoms with Crippen LogP contribution in [0.4, 0.5) is 0 Å². The molecule has 0 nitrogen and oxygen atoms in total. The lowest BCUT2D eigenvalue weighted by molar-refractivity contribution is 0.430. The molecule has 2 saturated heterocycles. The smallest absolute Gasteiger partial charge is 0.0237 e. The lowest BCUT2D eigenvalue weighted by Gasteiger charge is -2.13. The van der Waals surface area contributed by atoms with Gasteiger partial charge in [0.2, 0.25) is 0 Å². The number of fused-ring (bicyclic) bond motifs is 3. The van der Waals surface area contributed by atoms with Gasteiger partial charge in [0.05, 0.1) is 0 Å². The second-order valence-electron chi connectivity index (χ2n) is 3.83. The van der Waals surface area contributed by atoms with E-state index in [1.807, 2.05) is 0 Å². The summed E-state index contributed by atoms with van der Waals surface area (Å²) < 4.78 is 0. The molecule has 2 heterocycles. The highest BCUT2D eigenvalue weighted by molar-refractivity contribution is 7.38. The largest absolute Gasteiger partial charge is 0.119 e. The van der Waals surface area contributed by atoms with Gasteiger partial charge >= 0.3 is 0 Å². The van der Waals surface area contributed by atoms with Crippen molar-refractivity contribution in [2.45, 2.75) is 44.2 Å².